The Morgan fingerprint density at radius 1 is 1.07 bits per heavy atom. The van der Waals surface area contributed by atoms with E-state index >= 15 is 0 Å². The molecule has 27 heavy (non-hydrogen) atoms. The van der Waals surface area contributed by atoms with Gasteiger partial charge in [0.2, 0.25) is 0 Å². The summed E-state index contributed by atoms with van der Waals surface area (Å²) < 4.78 is 2.65. The molecule has 0 bridgehead atoms. The molecule has 5 nitrogen and oxygen atoms in total. The number of carbonyl (C=O) groups excluding carboxylic acids is 1. The van der Waals surface area contributed by atoms with Crippen molar-refractivity contribution in [2.24, 2.45) is 5.10 Å². The van der Waals surface area contributed by atoms with Crippen molar-refractivity contribution in [3.8, 4) is 0 Å². The predicted molar refractivity (Wildman–Crippen MR) is 124 cm³/mol. The second kappa shape index (κ2) is 10.8. The number of amides is 1. The lowest BCUT2D eigenvalue weighted by atomic mass is 10.2. The molecule has 2 aromatic rings. The monoisotopic (exact) mass is 558 g/mol. The minimum atomic E-state index is -0.229. The topological polar surface area (TPSA) is 56.7 Å². The summed E-state index contributed by atoms with van der Waals surface area (Å²) in [6, 6.07) is 11.9. The summed E-state index contributed by atoms with van der Waals surface area (Å²) in [5.41, 5.74) is 5.44. The fourth-order valence-corrected chi connectivity index (χ4v) is 5.00. The highest BCUT2D eigenvalue weighted by molar-refractivity contribution is 9.11. The maximum atomic E-state index is 12.0. The lowest BCUT2D eigenvalue weighted by Crippen LogP contribution is -2.26. The van der Waals surface area contributed by atoms with E-state index in [-0.39, 0.29) is 12.5 Å². The molecular formula is C19H21Br3N4O. The molecule has 0 spiro atoms. The Morgan fingerprint density at radius 3 is 2.22 bits per heavy atom. The summed E-state index contributed by atoms with van der Waals surface area (Å²) >= 11 is 10.4. The summed E-state index contributed by atoms with van der Waals surface area (Å²) in [5.74, 6) is -0.229. The third-order valence-electron chi connectivity index (χ3n) is 3.86. The van der Waals surface area contributed by atoms with Gasteiger partial charge in [-0.15, -0.1) is 0 Å². The van der Waals surface area contributed by atoms with Gasteiger partial charge in [-0.1, -0.05) is 28.1 Å². The average molecular weight is 561 g/mol. The molecule has 0 aliphatic carbocycles. The second-order valence-corrected chi connectivity index (χ2v) is 8.28. The van der Waals surface area contributed by atoms with Gasteiger partial charge in [0.05, 0.1) is 18.4 Å². The molecule has 0 atom stereocenters. The Kier molecular flexibility index (Phi) is 8.79. The molecule has 2 aromatic carbocycles. The number of hydrogen-bond acceptors (Lipinski definition) is 4. The molecule has 0 fully saturated rings. The minimum Gasteiger partial charge on any atom is -0.374 e. The van der Waals surface area contributed by atoms with E-state index in [1.54, 1.807) is 6.21 Å². The van der Waals surface area contributed by atoms with E-state index in [0.29, 0.717) is 0 Å². The number of hydrazone groups is 1. The number of anilines is 2. The van der Waals surface area contributed by atoms with Crippen LogP contribution in [0.25, 0.3) is 0 Å². The van der Waals surface area contributed by atoms with Gasteiger partial charge >= 0.3 is 0 Å². The van der Waals surface area contributed by atoms with Gasteiger partial charge in [-0.25, -0.2) is 5.43 Å². The van der Waals surface area contributed by atoms with Gasteiger partial charge in [0.15, 0.2) is 0 Å². The van der Waals surface area contributed by atoms with Crippen molar-refractivity contribution in [3.63, 3.8) is 0 Å². The largest absolute Gasteiger partial charge is 0.374 e. The smallest absolute Gasteiger partial charge is 0.259 e. The molecule has 0 saturated heterocycles. The average Bonchev–Trinajstić information content (AvgIpc) is 2.63. The molecule has 0 heterocycles. The quantitative estimate of drug-likeness (QED) is 0.336. The van der Waals surface area contributed by atoms with Crippen LogP contribution < -0.4 is 15.6 Å². The van der Waals surface area contributed by atoms with Gasteiger partial charge in [-0.05, 0) is 75.5 Å². The van der Waals surface area contributed by atoms with E-state index in [1.807, 2.05) is 24.3 Å². The van der Waals surface area contributed by atoms with Crippen molar-refractivity contribution in [1.82, 2.24) is 5.43 Å². The lowest BCUT2D eigenvalue weighted by molar-refractivity contribution is -0.119. The predicted octanol–water partition coefficient (Wildman–Crippen LogP) is 5.38. The fraction of sp³-hybridized carbons (Fsp3) is 0.263. The van der Waals surface area contributed by atoms with E-state index < -0.39 is 0 Å². The van der Waals surface area contributed by atoms with Crippen LogP contribution in [0.3, 0.4) is 0 Å². The Hall–Kier alpha value is -1.38. The molecule has 0 radical (unpaired) electrons. The Labute approximate surface area is 185 Å². The Bertz CT molecular complexity index is 782. The first kappa shape index (κ1) is 21.9. The number of carbonyl (C=O) groups is 1. The molecule has 1 amide bonds. The Balaban J connectivity index is 1.86. The van der Waals surface area contributed by atoms with Crippen molar-refractivity contribution in [2.45, 2.75) is 13.8 Å². The summed E-state index contributed by atoms with van der Waals surface area (Å²) in [6.07, 6.45) is 1.63. The van der Waals surface area contributed by atoms with Crippen LogP contribution in [0.15, 0.2) is 54.9 Å². The van der Waals surface area contributed by atoms with Crippen LogP contribution in [-0.2, 0) is 4.79 Å². The maximum absolute atomic E-state index is 12.0. The molecular weight excluding hydrogens is 540 g/mol. The zero-order chi connectivity index (χ0) is 19.8. The van der Waals surface area contributed by atoms with E-state index in [9.17, 15) is 4.79 Å². The summed E-state index contributed by atoms with van der Waals surface area (Å²) in [6.45, 7) is 6.31. The molecule has 8 heteroatoms. The first-order valence-electron chi connectivity index (χ1n) is 8.50. The number of nitrogens with zero attached hydrogens (tertiary/aromatic N) is 2. The van der Waals surface area contributed by atoms with Gasteiger partial charge in [-0.2, -0.15) is 5.10 Å². The van der Waals surface area contributed by atoms with Crippen molar-refractivity contribution >= 4 is 71.3 Å². The van der Waals surface area contributed by atoms with Crippen LogP contribution in [-0.4, -0.2) is 31.8 Å². The number of benzene rings is 2. The van der Waals surface area contributed by atoms with Gasteiger partial charge in [-0.3, -0.25) is 4.79 Å². The Morgan fingerprint density at radius 2 is 1.67 bits per heavy atom. The molecule has 2 N–H and O–H groups in total. The molecule has 0 aliphatic rings. The van der Waals surface area contributed by atoms with Crippen LogP contribution in [0, 0.1) is 0 Å². The molecule has 2 rings (SSSR count). The summed E-state index contributed by atoms with van der Waals surface area (Å²) in [4.78, 5) is 14.3. The van der Waals surface area contributed by atoms with E-state index in [2.05, 4.69) is 94.5 Å². The van der Waals surface area contributed by atoms with Crippen molar-refractivity contribution in [2.75, 3.05) is 29.9 Å². The maximum Gasteiger partial charge on any atom is 0.259 e. The highest BCUT2D eigenvalue weighted by Crippen LogP contribution is 2.34. The zero-order valence-corrected chi connectivity index (χ0v) is 19.9. The van der Waals surface area contributed by atoms with E-state index in [4.69, 9.17) is 0 Å². The van der Waals surface area contributed by atoms with Crippen LogP contribution in [0.5, 0.6) is 0 Å². The van der Waals surface area contributed by atoms with E-state index in [1.165, 1.54) is 5.69 Å². The SMILES string of the molecule is CCN(CC)c1ccc(/C=N/NC(=O)CNc2c(Br)cc(Br)cc2Br)cc1. The van der Waals surface area contributed by atoms with Crippen LogP contribution in [0.1, 0.15) is 19.4 Å². The third-order valence-corrected chi connectivity index (χ3v) is 5.57. The van der Waals surface area contributed by atoms with Crippen molar-refractivity contribution in [3.05, 3.63) is 55.4 Å². The van der Waals surface area contributed by atoms with Crippen molar-refractivity contribution in [1.29, 1.82) is 0 Å². The van der Waals surface area contributed by atoms with Crippen LogP contribution in [0.2, 0.25) is 0 Å². The van der Waals surface area contributed by atoms with Gasteiger partial charge in [0.25, 0.3) is 5.91 Å². The summed E-state index contributed by atoms with van der Waals surface area (Å²) in [7, 11) is 0. The van der Waals surface area contributed by atoms with Gasteiger partial charge in [0.1, 0.15) is 0 Å². The van der Waals surface area contributed by atoms with Gasteiger partial charge < -0.3 is 10.2 Å². The first-order valence-corrected chi connectivity index (χ1v) is 10.9. The number of rotatable bonds is 8. The van der Waals surface area contributed by atoms with Crippen molar-refractivity contribution < 1.29 is 4.79 Å². The molecule has 0 saturated carbocycles. The minimum absolute atomic E-state index is 0.108. The lowest BCUT2D eigenvalue weighted by Gasteiger charge is -2.20. The first-order chi connectivity index (χ1) is 12.9. The molecule has 0 aromatic heterocycles. The fourth-order valence-electron chi connectivity index (χ4n) is 2.46. The standard InChI is InChI=1S/C19H21Br3N4O/c1-3-26(4-2)15-7-5-13(6-8-15)11-24-25-18(27)12-23-19-16(21)9-14(20)10-17(19)22/h5-11,23H,3-4,12H2,1-2H3,(H,25,27)/b24-11+. The molecule has 0 aliphatic heterocycles. The number of hydrogen-bond donors (Lipinski definition) is 2. The normalized spacial score (nSPS) is 10.9. The highest BCUT2D eigenvalue weighted by Gasteiger charge is 2.08. The highest BCUT2D eigenvalue weighted by atomic mass is 79.9. The molecule has 0 unspecified atom stereocenters. The third kappa shape index (κ3) is 6.62. The van der Waals surface area contributed by atoms with E-state index in [0.717, 1.165) is 37.8 Å². The number of halogens is 3. The van der Waals surface area contributed by atoms with Gasteiger partial charge in [0, 0.05) is 32.2 Å². The molecule has 144 valence electrons. The zero-order valence-electron chi connectivity index (χ0n) is 15.1. The second-order valence-electron chi connectivity index (χ2n) is 5.65. The summed E-state index contributed by atoms with van der Waals surface area (Å²) in [5, 5.41) is 7.10. The van der Waals surface area contributed by atoms with Crippen LogP contribution in [0.4, 0.5) is 11.4 Å². The van der Waals surface area contributed by atoms with Crippen LogP contribution >= 0.6 is 47.8 Å². The number of nitrogens with one attached hydrogen (secondary N) is 2.